The predicted molar refractivity (Wildman–Crippen MR) is 129 cm³/mol. The minimum atomic E-state index is -4.34. The predicted octanol–water partition coefficient (Wildman–Crippen LogP) is 5.89. The third-order valence-electron chi connectivity index (χ3n) is 5.90. The van der Waals surface area contributed by atoms with E-state index >= 15 is 0 Å². The van der Waals surface area contributed by atoms with Gasteiger partial charge in [0, 0.05) is 29.8 Å². The van der Waals surface area contributed by atoms with Crippen molar-refractivity contribution >= 4 is 17.2 Å². The number of alkyl halides is 3. The molecule has 0 unspecified atom stereocenters. The number of anilines is 1. The molecule has 2 N–H and O–H groups in total. The number of imidazole rings is 1. The Labute approximate surface area is 209 Å². The van der Waals surface area contributed by atoms with Crippen LogP contribution in [0.15, 0.2) is 54.7 Å². The summed E-state index contributed by atoms with van der Waals surface area (Å²) in [5.74, 6) is -0.875. The molecular formula is C26H23F4N5O2. The molecule has 1 saturated carbocycles. The highest BCUT2D eigenvalue weighted by Gasteiger charge is 2.27. The number of hydrogen-bond acceptors (Lipinski definition) is 5. The summed E-state index contributed by atoms with van der Waals surface area (Å²) < 4.78 is 59.5. The van der Waals surface area contributed by atoms with Crippen LogP contribution in [0.25, 0.3) is 16.9 Å². The van der Waals surface area contributed by atoms with Gasteiger partial charge in [0.2, 0.25) is 5.88 Å². The van der Waals surface area contributed by atoms with E-state index in [4.69, 9.17) is 4.74 Å². The lowest BCUT2D eigenvalue weighted by Gasteiger charge is -2.13. The summed E-state index contributed by atoms with van der Waals surface area (Å²) in [5, 5.41) is 10.1. The molecule has 1 fully saturated rings. The van der Waals surface area contributed by atoms with E-state index in [1.165, 1.54) is 35.0 Å². The van der Waals surface area contributed by atoms with Gasteiger partial charge in [-0.1, -0.05) is 18.2 Å². The fraction of sp³-hybridized carbons (Fsp3) is 0.269. The lowest BCUT2D eigenvalue weighted by molar-refractivity contribution is -0.131. The molecule has 1 aliphatic carbocycles. The van der Waals surface area contributed by atoms with Crippen molar-refractivity contribution in [2.24, 2.45) is 0 Å². The average Bonchev–Trinajstić information content (AvgIpc) is 3.54. The molecule has 2 aromatic carbocycles. The van der Waals surface area contributed by atoms with Crippen LogP contribution in [0.3, 0.4) is 0 Å². The number of fused-ring (bicyclic) bond motifs is 1. The second-order valence-electron chi connectivity index (χ2n) is 8.88. The zero-order valence-corrected chi connectivity index (χ0v) is 19.8. The van der Waals surface area contributed by atoms with Crippen LogP contribution in [0.4, 0.5) is 23.2 Å². The molecule has 5 rings (SSSR count). The maximum absolute atomic E-state index is 14.2. The highest BCUT2D eigenvalue weighted by molar-refractivity contribution is 5.96. The van der Waals surface area contributed by atoms with Crippen molar-refractivity contribution in [2.45, 2.75) is 38.4 Å². The number of benzene rings is 2. The summed E-state index contributed by atoms with van der Waals surface area (Å²) in [5.41, 5.74) is 3.01. The Morgan fingerprint density at radius 3 is 2.65 bits per heavy atom. The van der Waals surface area contributed by atoms with Crippen molar-refractivity contribution in [1.82, 2.24) is 19.9 Å². The molecule has 4 aromatic rings. The van der Waals surface area contributed by atoms with Gasteiger partial charge in [0.25, 0.3) is 5.91 Å². The van der Waals surface area contributed by atoms with Crippen molar-refractivity contribution in [3.05, 3.63) is 71.7 Å². The molecule has 1 aliphatic rings. The number of nitrogens with zero attached hydrogens (tertiary/aromatic N) is 3. The minimum absolute atomic E-state index is 0.0384. The molecule has 0 spiro atoms. The summed E-state index contributed by atoms with van der Waals surface area (Å²) in [6.07, 6.45) is -1.90. The van der Waals surface area contributed by atoms with E-state index in [0.717, 1.165) is 18.4 Å². The van der Waals surface area contributed by atoms with Gasteiger partial charge in [0.05, 0.1) is 24.0 Å². The topological polar surface area (TPSA) is 80.6 Å². The average molecular weight is 513 g/mol. The summed E-state index contributed by atoms with van der Waals surface area (Å²) >= 11 is 0. The Hall–Kier alpha value is -4.15. The van der Waals surface area contributed by atoms with Crippen LogP contribution in [0.5, 0.6) is 11.6 Å². The zero-order chi connectivity index (χ0) is 26.2. The van der Waals surface area contributed by atoms with Gasteiger partial charge in [0.1, 0.15) is 0 Å². The number of carbonyl (C=O) groups excluding carboxylic acids is 1. The monoisotopic (exact) mass is 513 g/mol. The first-order valence-corrected chi connectivity index (χ1v) is 11.7. The molecule has 0 bridgehead atoms. The SMILES string of the molecule is Cc1cc(-c2cnc3c(NCCC(F)(F)F)cc(Oc4ccccc4F)nn23)ccc1C(=O)NC1CC1. The maximum Gasteiger partial charge on any atom is 0.390 e. The van der Waals surface area contributed by atoms with Crippen molar-refractivity contribution in [3.63, 3.8) is 0 Å². The third kappa shape index (κ3) is 5.65. The van der Waals surface area contributed by atoms with Crippen LogP contribution >= 0.6 is 0 Å². The number of hydrogen-bond donors (Lipinski definition) is 2. The van der Waals surface area contributed by atoms with E-state index in [9.17, 15) is 22.4 Å². The van der Waals surface area contributed by atoms with Crippen molar-refractivity contribution in [1.29, 1.82) is 0 Å². The van der Waals surface area contributed by atoms with Gasteiger partial charge < -0.3 is 15.4 Å². The Morgan fingerprint density at radius 1 is 1.16 bits per heavy atom. The fourth-order valence-corrected chi connectivity index (χ4v) is 3.87. The first-order chi connectivity index (χ1) is 17.7. The summed E-state index contributed by atoms with van der Waals surface area (Å²) in [6.45, 7) is 1.42. The smallest absolute Gasteiger partial charge is 0.390 e. The Bertz CT molecular complexity index is 1460. The Kier molecular flexibility index (Phi) is 6.45. The Balaban J connectivity index is 1.52. The number of carbonyl (C=O) groups is 1. The van der Waals surface area contributed by atoms with Gasteiger partial charge in [-0.15, -0.1) is 5.10 Å². The highest BCUT2D eigenvalue weighted by Crippen LogP contribution is 2.31. The molecule has 0 radical (unpaired) electrons. The van der Waals surface area contributed by atoms with Gasteiger partial charge >= 0.3 is 6.18 Å². The largest absolute Gasteiger partial charge is 0.434 e. The minimum Gasteiger partial charge on any atom is -0.434 e. The molecule has 2 aromatic heterocycles. The lowest BCUT2D eigenvalue weighted by atomic mass is 10.0. The standard InChI is InChI=1S/C26H23F4N5O2/c1-15-12-16(6-9-18(15)25(36)33-17-7-8-17)21-14-32-24-20(31-11-10-26(28,29)30)13-23(34-35(21)24)37-22-5-3-2-4-19(22)27/h2-6,9,12-14,17,31H,7-8,10-11H2,1H3,(H,33,36). The second kappa shape index (κ2) is 9.72. The number of aromatic nitrogens is 3. The number of halogens is 4. The molecule has 1 amide bonds. The van der Waals surface area contributed by atoms with Crippen LogP contribution in [-0.2, 0) is 0 Å². The highest BCUT2D eigenvalue weighted by atomic mass is 19.4. The number of nitrogens with one attached hydrogen (secondary N) is 2. The first-order valence-electron chi connectivity index (χ1n) is 11.7. The second-order valence-corrected chi connectivity index (χ2v) is 8.88. The maximum atomic E-state index is 14.2. The van der Waals surface area contributed by atoms with Crippen molar-refractivity contribution in [3.8, 4) is 22.9 Å². The quantitative estimate of drug-likeness (QED) is 0.287. The van der Waals surface area contributed by atoms with E-state index in [1.807, 2.05) is 13.0 Å². The molecule has 37 heavy (non-hydrogen) atoms. The molecular weight excluding hydrogens is 490 g/mol. The van der Waals surface area contributed by atoms with Gasteiger partial charge in [0.15, 0.2) is 17.2 Å². The number of para-hydroxylation sites is 1. The molecule has 11 heteroatoms. The van der Waals surface area contributed by atoms with Gasteiger partial charge in [-0.3, -0.25) is 4.79 Å². The summed E-state index contributed by atoms with van der Waals surface area (Å²) in [6, 6.07) is 12.6. The van der Waals surface area contributed by atoms with Crippen LogP contribution in [0.1, 0.15) is 35.2 Å². The van der Waals surface area contributed by atoms with Gasteiger partial charge in [-0.2, -0.15) is 13.2 Å². The lowest BCUT2D eigenvalue weighted by Crippen LogP contribution is -2.26. The normalized spacial score (nSPS) is 13.5. The summed E-state index contributed by atoms with van der Waals surface area (Å²) in [7, 11) is 0. The van der Waals surface area contributed by atoms with E-state index in [2.05, 4.69) is 20.7 Å². The van der Waals surface area contributed by atoms with Crippen LogP contribution < -0.4 is 15.4 Å². The van der Waals surface area contributed by atoms with Crippen molar-refractivity contribution in [2.75, 3.05) is 11.9 Å². The number of rotatable bonds is 8. The fourth-order valence-electron chi connectivity index (χ4n) is 3.87. The molecule has 7 nitrogen and oxygen atoms in total. The van der Waals surface area contributed by atoms with E-state index in [0.29, 0.717) is 16.8 Å². The van der Waals surface area contributed by atoms with Crippen LogP contribution in [0.2, 0.25) is 0 Å². The number of amides is 1. The molecule has 0 aliphatic heterocycles. The number of aryl methyl sites for hydroxylation is 1. The Morgan fingerprint density at radius 2 is 1.95 bits per heavy atom. The number of ether oxygens (including phenoxy) is 1. The molecule has 0 atom stereocenters. The molecule has 192 valence electrons. The van der Waals surface area contributed by atoms with E-state index < -0.39 is 25.0 Å². The van der Waals surface area contributed by atoms with E-state index in [1.54, 1.807) is 18.2 Å². The van der Waals surface area contributed by atoms with Crippen LogP contribution in [-0.4, -0.2) is 39.3 Å². The molecule has 0 saturated heterocycles. The van der Waals surface area contributed by atoms with Crippen LogP contribution in [0, 0.1) is 12.7 Å². The van der Waals surface area contributed by atoms with E-state index in [-0.39, 0.29) is 34.9 Å². The first kappa shape index (κ1) is 24.5. The van der Waals surface area contributed by atoms with Crippen molar-refractivity contribution < 1.29 is 27.1 Å². The summed E-state index contributed by atoms with van der Waals surface area (Å²) in [4.78, 5) is 16.9. The zero-order valence-electron chi connectivity index (χ0n) is 19.8. The third-order valence-corrected chi connectivity index (χ3v) is 5.90. The van der Waals surface area contributed by atoms with Gasteiger partial charge in [-0.05, 0) is 49.6 Å². The van der Waals surface area contributed by atoms with Gasteiger partial charge in [-0.25, -0.2) is 13.9 Å². The molecule has 2 heterocycles.